The number of carboxylic acid groups (broad SMARTS) is 1. The molecule has 7 nitrogen and oxygen atoms in total. The summed E-state index contributed by atoms with van der Waals surface area (Å²) < 4.78 is 18.7. The van der Waals surface area contributed by atoms with Crippen LogP contribution in [0.15, 0.2) is 32.3 Å². The highest BCUT2D eigenvalue weighted by atomic mass is 19.1. The number of H-pyrrole nitrogens is 1. The molecule has 2 N–H and O–H groups in total. The van der Waals surface area contributed by atoms with Crippen molar-refractivity contribution in [2.24, 2.45) is 0 Å². The third-order valence-electron chi connectivity index (χ3n) is 2.17. The molecule has 0 aliphatic rings. The number of hydrogen-bond donors (Lipinski definition) is 2. The molecule has 2 aromatic rings. The summed E-state index contributed by atoms with van der Waals surface area (Å²) in [5.41, 5.74) is -1.92. The van der Waals surface area contributed by atoms with E-state index in [0.29, 0.717) is 0 Å². The summed E-state index contributed by atoms with van der Waals surface area (Å²) in [6.45, 7) is -0.181. The zero-order chi connectivity index (χ0) is 13.3. The van der Waals surface area contributed by atoms with E-state index < -0.39 is 23.0 Å². The molecule has 94 valence electrons. The third kappa shape index (κ3) is 2.21. The average Bonchev–Trinajstić information content (AvgIpc) is 2.74. The number of carboxylic acids is 1. The molecule has 2 heterocycles. The fraction of sp³-hybridized carbons (Fsp3) is 0.100. The third-order valence-corrected chi connectivity index (χ3v) is 2.17. The summed E-state index contributed by atoms with van der Waals surface area (Å²) in [6, 6.07) is 2.56. The first kappa shape index (κ1) is 11.8. The molecule has 0 spiro atoms. The van der Waals surface area contributed by atoms with Crippen LogP contribution in [0.5, 0.6) is 0 Å². The SMILES string of the molecule is O=C(O)c1ccc(Cn2cc(F)c(=O)[nH]c2=O)o1. The second-order valence-electron chi connectivity index (χ2n) is 3.44. The highest BCUT2D eigenvalue weighted by Crippen LogP contribution is 2.08. The normalized spacial score (nSPS) is 10.5. The Hall–Kier alpha value is -2.64. The van der Waals surface area contributed by atoms with Crippen molar-refractivity contribution in [2.75, 3.05) is 0 Å². The summed E-state index contributed by atoms with van der Waals surface area (Å²) in [6.07, 6.45) is 0.726. The Morgan fingerprint density at radius 2 is 2.17 bits per heavy atom. The summed E-state index contributed by atoms with van der Waals surface area (Å²) >= 11 is 0. The van der Waals surface area contributed by atoms with Crippen LogP contribution in [-0.2, 0) is 6.54 Å². The van der Waals surface area contributed by atoms with E-state index in [9.17, 15) is 18.8 Å². The van der Waals surface area contributed by atoms with E-state index in [1.54, 1.807) is 4.98 Å². The lowest BCUT2D eigenvalue weighted by Crippen LogP contribution is -2.31. The van der Waals surface area contributed by atoms with Crippen LogP contribution >= 0.6 is 0 Å². The maximum atomic E-state index is 13.0. The Morgan fingerprint density at radius 1 is 1.44 bits per heavy atom. The van der Waals surface area contributed by atoms with Crippen LogP contribution < -0.4 is 11.2 Å². The van der Waals surface area contributed by atoms with Crippen molar-refractivity contribution in [2.45, 2.75) is 6.54 Å². The van der Waals surface area contributed by atoms with Gasteiger partial charge in [0, 0.05) is 0 Å². The van der Waals surface area contributed by atoms with Crippen molar-refractivity contribution in [3.8, 4) is 0 Å². The monoisotopic (exact) mass is 254 g/mol. The minimum Gasteiger partial charge on any atom is -0.475 e. The van der Waals surface area contributed by atoms with Crippen molar-refractivity contribution in [1.82, 2.24) is 9.55 Å². The second-order valence-corrected chi connectivity index (χ2v) is 3.44. The predicted octanol–water partition coefficient (Wildman–Crippen LogP) is 0.0152. The summed E-state index contributed by atoms with van der Waals surface area (Å²) in [4.78, 5) is 34.5. The molecule has 8 heteroatoms. The van der Waals surface area contributed by atoms with Gasteiger partial charge in [-0.25, -0.2) is 9.59 Å². The molecule has 0 saturated carbocycles. The summed E-state index contributed by atoms with van der Waals surface area (Å²) in [7, 11) is 0. The quantitative estimate of drug-likeness (QED) is 0.802. The molecule has 0 bridgehead atoms. The lowest BCUT2D eigenvalue weighted by molar-refractivity contribution is 0.0660. The van der Waals surface area contributed by atoms with Crippen molar-refractivity contribution in [1.29, 1.82) is 0 Å². The van der Waals surface area contributed by atoms with E-state index in [1.807, 2.05) is 0 Å². The Kier molecular flexibility index (Phi) is 2.84. The minimum absolute atomic E-state index is 0.154. The smallest absolute Gasteiger partial charge is 0.371 e. The maximum Gasteiger partial charge on any atom is 0.371 e. The maximum absolute atomic E-state index is 13.0. The number of carbonyl (C=O) groups is 1. The molecule has 0 amide bonds. The molecule has 2 rings (SSSR count). The van der Waals surface area contributed by atoms with Crippen LogP contribution in [0.2, 0.25) is 0 Å². The molecular weight excluding hydrogens is 247 g/mol. The molecule has 0 aliphatic heterocycles. The number of nitrogens with zero attached hydrogens (tertiary/aromatic N) is 1. The summed E-state index contributed by atoms with van der Waals surface area (Å²) in [5.74, 6) is -2.50. The number of aromatic carboxylic acids is 1. The van der Waals surface area contributed by atoms with Crippen LogP contribution in [0.4, 0.5) is 4.39 Å². The Balaban J connectivity index is 2.34. The number of aromatic nitrogens is 2. The van der Waals surface area contributed by atoms with Crippen molar-refractivity contribution in [3.63, 3.8) is 0 Å². The molecule has 0 radical (unpaired) electrons. The first-order valence-corrected chi connectivity index (χ1v) is 4.78. The molecule has 0 unspecified atom stereocenters. The van der Waals surface area contributed by atoms with Crippen LogP contribution in [0.1, 0.15) is 16.3 Å². The van der Waals surface area contributed by atoms with Gasteiger partial charge < -0.3 is 9.52 Å². The lowest BCUT2D eigenvalue weighted by atomic mass is 10.4. The molecule has 2 aromatic heterocycles. The predicted molar refractivity (Wildman–Crippen MR) is 56.0 cm³/mol. The molecule has 0 fully saturated rings. The van der Waals surface area contributed by atoms with E-state index >= 15 is 0 Å². The van der Waals surface area contributed by atoms with Crippen molar-refractivity contribution in [3.05, 3.63) is 56.5 Å². The molecular formula is C10H7FN2O5. The number of furan rings is 1. The molecule has 18 heavy (non-hydrogen) atoms. The zero-order valence-electron chi connectivity index (χ0n) is 8.84. The van der Waals surface area contributed by atoms with Crippen molar-refractivity contribution >= 4 is 5.97 Å². The summed E-state index contributed by atoms with van der Waals surface area (Å²) in [5, 5.41) is 8.63. The molecule has 0 saturated heterocycles. The first-order valence-electron chi connectivity index (χ1n) is 4.78. The zero-order valence-corrected chi connectivity index (χ0v) is 8.84. The van der Waals surface area contributed by atoms with Crippen LogP contribution in [0.25, 0.3) is 0 Å². The Bertz CT molecular complexity index is 712. The molecule has 0 atom stereocenters. The van der Waals surface area contributed by atoms with Gasteiger partial charge in [-0.1, -0.05) is 0 Å². The fourth-order valence-corrected chi connectivity index (χ4v) is 1.35. The van der Waals surface area contributed by atoms with E-state index in [4.69, 9.17) is 9.52 Å². The van der Waals surface area contributed by atoms with Gasteiger partial charge in [0.25, 0.3) is 5.56 Å². The molecule has 0 aromatic carbocycles. The van der Waals surface area contributed by atoms with Gasteiger partial charge in [-0.15, -0.1) is 0 Å². The van der Waals surface area contributed by atoms with Gasteiger partial charge in [-0.05, 0) is 12.1 Å². The number of halogens is 1. The van der Waals surface area contributed by atoms with E-state index in [0.717, 1.165) is 10.8 Å². The largest absolute Gasteiger partial charge is 0.475 e. The average molecular weight is 254 g/mol. The van der Waals surface area contributed by atoms with Gasteiger partial charge >= 0.3 is 11.7 Å². The fourth-order valence-electron chi connectivity index (χ4n) is 1.35. The number of nitrogens with one attached hydrogen (secondary N) is 1. The number of hydrogen-bond acceptors (Lipinski definition) is 4. The number of rotatable bonds is 3. The van der Waals surface area contributed by atoms with Gasteiger partial charge in [0.05, 0.1) is 12.7 Å². The van der Waals surface area contributed by atoms with E-state index in [-0.39, 0.29) is 18.1 Å². The second kappa shape index (κ2) is 4.32. The Labute approximate surface area is 98.1 Å². The van der Waals surface area contributed by atoms with Gasteiger partial charge in [-0.3, -0.25) is 14.3 Å². The van der Waals surface area contributed by atoms with Crippen LogP contribution in [-0.4, -0.2) is 20.6 Å². The standard InChI is InChI=1S/C10H7FN2O5/c11-6-4-13(10(17)12-8(6)14)3-5-1-2-7(18-5)9(15)16/h1-2,4H,3H2,(H,15,16)(H,12,14,17). The van der Waals surface area contributed by atoms with Gasteiger partial charge in [-0.2, -0.15) is 4.39 Å². The Morgan fingerprint density at radius 3 is 2.78 bits per heavy atom. The number of aromatic amines is 1. The molecule has 0 aliphatic carbocycles. The topological polar surface area (TPSA) is 105 Å². The van der Waals surface area contributed by atoms with Gasteiger partial charge in [0.1, 0.15) is 5.76 Å². The highest BCUT2D eigenvalue weighted by molar-refractivity contribution is 5.84. The van der Waals surface area contributed by atoms with Crippen molar-refractivity contribution < 1.29 is 18.7 Å². The highest BCUT2D eigenvalue weighted by Gasteiger charge is 2.10. The lowest BCUT2D eigenvalue weighted by Gasteiger charge is -2.01. The first-order chi connectivity index (χ1) is 8.47. The van der Waals surface area contributed by atoms with E-state index in [2.05, 4.69) is 0 Å². The van der Waals surface area contributed by atoms with Gasteiger partial charge in [0.2, 0.25) is 11.6 Å². The van der Waals surface area contributed by atoms with Gasteiger partial charge in [0.15, 0.2) is 0 Å². The van der Waals surface area contributed by atoms with Crippen LogP contribution in [0, 0.1) is 5.82 Å². The van der Waals surface area contributed by atoms with Crippen LogP contribution in [0.3, 0.4) is 0 Å². The van der Waals surface area contributed by atoms with E-state index in [1.165, 1.54) is 12.1 Å². The minimum atomic E-state index is -1.25.